The molecule has 0 aliphatic heterocycles. The van der Waals surface area contributed by atoms with Crippen LogP contribution in [0.4, 0.5) is 10.2 Å². The lowest BCUT2D eigenvalue weighted by Crippen LogP contribution is -2.30. The third-order valence-electron chi connectivity index (χ3n) is 3.79. The van der Waals surface area contributed by atoms with Gasteiger partial charge in [-0.1, -0.05) is 5.16 Å². The Morgan fingerprint density at radius 1 is 1.31 bits per heavy atom. The lowest BCUT2D eigenvalue weighted by atomic mass is 10.1. The van der Waals surface area contributed by atoms with Crippen molar-refractivity contribution in [1.29, 1.82) is 0 Å². The Morgan fingerprint density at radius 2 is 2.04 bits per heavy atom. The number of aromatic amines is 1. The van der Waals surface area contributed by atoms with Crippen LogP contribution in [0.25, 0.3) is 11.3 Å². The maximum Gasteiger partial charge on any atom is 0.269 e. The molecule has 0 saturated carbocycles. The van der Waals surface area contributed by atoms with Crippen LogP contribution in [0.15, 0.2) is 34.9 Å². The van der Waals surface area contributed by atoms with Crippen LogP contribution < -0.4 is 10.6 Å². The number of hydrogen-bond acceptors (Lipinski definition) is 5. The van der Waals surface area contributed by atoms with Crippen molar-refractivity contribution < 1.29 is 13.7 Å². The number of H-pyrrole nitrogens is 1. The maximum atomic E-state index is 13.1. The molecule has 0 aliphatic rings. The van der Waals surface area contributed by atoms with Crippen LogP contribution >= 0.6 is 0 Å². The highest BCUT2D eigenvalue weighted by Gasteiger charge is 2.16. The van der Waals surface area contributed by atoms with Gasteiger partial charge in [0, 0.05) is 29.8 Å². The van der Waals surface area contributed by atoms with Gasteiger partial charge in [0.25, 0.3) is 5.91 Å². The van der Waals surface area contributed by atoms with E-state index in [0.29, 0.717) is 29.5 Å². The minimum atomic E-state index is -0.308. The van der Waals surface area contributed by atoms with E-state index in [1.54, 1.807) is 18.2 Å². The summed E-state index contributed by atoms with van der Waals surface area (Å²) in [6.45, 7) is 5.99. The van der Waals surface area contributed by atoms with E-state index in [0.717, 1.165) is 11.1 Å². The fourth-order valence-corrected chi connectivity index (χ4v) is 2.48. The molecule has 136 valence electrons. The molecule has 0 radical (unpaired) electrons. The number of amides is 1. The largest absolute Gasteiger partial charge is 0.364 e. The van der Waals surface area contributed by atoms with Crippen molar-refractivity contribution in [2.75, 3.05) is 5.32 Å². The van der Waals surface area contributed by atoms with Crippen LogP contribution in [0.3, 0.4) is 0 Å². The molecular formula is C18H20FN5O2. The maximum absolute atomic E-state index is 13.1. The number of rotatable bonds is 6. The normalized spacial score (nSPS) is 11.0. The van der Waals surface area contributed by atoms with Crippen molar-refractivity contribution in [3.63, 3.8) is 0 Å². The molecule has 3 rings (SSSR count). The van der Waals surface area contributed by atoms with Gasteiger partial charge < -0.3 is 15.2 Å². The number of nitrogens with one attached hydrogen (secondary N) is 3. The number of hydrogen-bond donors (Lipinski definition) is 3. The van der Waals surface area contributed by atoms with Crippen molar-refractivity contribution in [1.82, 2.24) is 20.7 Å². The van der Waals surface area contributed by atoms with Crippen LogP contribution in [-0.2, 0) is 6.54 Å². The van der Waals surface area contributed by atoms with Gasteiger partial charge in [0.05, 0.1) is 0 Å². The summed E-state index contributed by atoms with van der Waals surface area (Å²) in [4.78, 5) is 12.0. The van der Waals surface area contributed by atoms with Gasteiger partial charge in [0.2, 0.25) is 0 Å². The molecule has 1 amide bonds. The summed E-state index contributed by atoms with van der Waals surface area (Å²) in [7, 11) is 0. The Hall–Kier alpha value is -3.16. The van der Waals surface area contributed by atoms with E-state index < -0.39 is 0 Å². The lowest BCUT2D eigenvalue weighted by Gasteiger charge is -2.05. The molecule has 0 bridgehead atoms. The monoisotopic (exact) mass is 357 g/mol. The molecule has 8 heteroatoms. The smallest absolute Gasteiger partial charge is 0.269 e. The Kier molecular flexibility index (Phi) is 5.01. The molecule has 3 aromatic rings. The molecule has 7 nitrogen and oxygen atoms in total. The van der Waals surface area contributed by atoms with E-state index in [9.17, 15) is 9.18 Å². The Labute approximate surface area is 150 Å². The van der Waals surface area contributed by atoms with Gasteiger partial charge in [-0.3, -0.25) is 9.89 Å². The van der Waals surface area contributed by atoms with Crippen molar-refractivity contribution in [2.45, 2.75) is 33.4 Å². The molecular weight excluding hydrogens is 337 g/mol. The average Bonchev–Trinajstić information content (AvgIpc) is 3.20. The third-order valence-corrected chi connectivity index (χ3v) is 3.79. The molecule has 0 saturated heterocycles. The molecule has 2 aromatic heterocycles. The fraction of sp³-hybridized carbons (Fsp3) is 0.278. The second-order valence-corrected chi connectivity index (χ2v) is 6.22. The standard InChI is InChI=1S/C18H20FN5O2/c1-10(2)21-18(25)15-8-16(23-22-15)20-9-14-11(3)26-24-17(14)12-4-6-13(19)7-5-12/h4-8,10H,9H2,1-3H3,(H,21,25)(H2,20,22,23). The first-order chi connectivity index (χ1) is 12.4. The molecule has 0 aliphatic carbocycles. The Morgan fingerprint density at radius 3 is 2.73 bits per heavy atom. The predicted molar refractivity (Wildman–Crippen MR) is 95.2 cm³/mol. The summed E-state index contributed by atoms with van der Waals surface area (Å²) >= 11 is 0. The molecule has 0 fully saturated rings. The summed E-state index contributed by atoms with van der Waals surface area (Å²) in [5.41, 5.74) is 2.62. The van der Waals surface area contributed by atoms with Crippen molar-refractivity contribution in [3.8, 4) is 11.3 Å². The SMILES string of the molecule is Cc1onc(-c2ccc(F)cc2)c1CNc1cc(C(=O)NC(C)C)[nH]n1. The first kappa shape index (κ1) is 17.7. The van der Waals surface area contributed by atoms with Gasteiger partial charge in [-0.05, 0) is 45.0 Å². The van der Waals surface area contributed by atoms with E-state index >= 15 is 0 Å². The van der Waals surface area contributed by atoms with E-state index in [2.05, 4.69) is 26.0 Å². The second kappa shape index (κ2) is 7.38. The molecule has 0 atom stereocenters. The molecule has 1 aromatic carbocycles. The average molecular weight is 357 g/mol. The minimum Gasteiger partial charge on any atom is -0.364 e. The van der Waals surface area contributed by atoms with Gasteiger partial charge in [-0.2, -0.15) is 5.10 Å². The first-order valence-electron chi connectivity index (χ1n) is 8.25. The van der Waals surface area contributed by atoms with Gasteiger partial charge in [-0.15, -0.1) is 0 Å². The number of anilines is 1. The fourth-order valence-electron chi connectivity index (χ4n) is 2.48. The van der Waals surface area contributed by atoms with Gasteiger partial charge in [0.1, 0.15) is 28.8 Å². The summed E-state index contributed by atoms with van der Waals surface area (Å²) in [5.74, 6) is 0.667. The number of carbonyl (C=O) groups is 1. The lowest BCUT2D eigenvalue weighted by molar-refractivity contribution is 0.0938. The summed E-state index contributed by atoms with van der Waals surface area (Å²) < 4.78 is 18.4. The molecule has 0 spiro atoms. The number of benzene rings is 1. The first-order valence-corrected chi connectivity index (χ1v) is 8.25. The predicted octanol–water partition coefficient (Wildman–Crippen LogP) is 3.26. The summed E-state index contributed by atoms with van der Waals surface area (Å²) in [6.07, 6.45) is 0. The van der Waals surface area contributed by atoms with E-state index in [1.165, 1.54) is 12.1 Å². The Balaban J connectivity index is 1.73. The van der Waals surface area contributed by atoms with Crippen LogP contribution in [0, 0.1) is 12.7 Å². The molecule has 2 heterocycles. The van der Waals surface area contributed by atoms with Gasteiger partial charge >= 0.3 is 0 Å². The number of halogens is 1. The highest BCUT2D eigenvalue weighted by molar-refractivity contribution is 5.93. The summed E-state index contributed by atoms with van der Waals surface area (Å²) in [6, 6.07) is 7.74. The topological polar surface area (TPSA) is 95.8 Å². The number of carbonyl (C=O) groups excluding carboxylic acids is 1. The van der Waals surface area contributed by atoms with Crippen LogP contribution in [0.5, 0.6) is 0 Å². The second-order valence-electron chi connectivity index (χ2n) is 6.22. The van der Waals surface area contributed by atoms with Gasteiger partial charge in [-0.25, -0.2) is 4.39 Å². The highest BCUT2D eigenvalue weighted by Crippen LogP contribution is 2.26. The zero-order valence-corrected chi connectivity index (χ0v) is 14.8. The number of aryl methyl sites for hydroxylation is 1. The van der Waals surface area contributed by atoms with Gasteiger partial charge in [0.15, 0.2) is 0 Å². The zero-order valence-electron chi connectivity index (χ0n) is 14.8. The van der Waals surface area contributed by atoms with Crippen LogP contribution in [0.2, 0.25) is 0 Å². The van der Waals surface area contributed by atoms with Crippen molar-refractivity contribution in [3.05, 3.63) is 53.2 Å². The minimum absolute atomic E-state index is 0.0418. The molecule has 26 heavy (non-hydrogen) atoms. The Bertz CT molecular complexity index is 899. The summed E-state index contributed by atoms with van der Waals surface area (Å²) in [5, 5.41) is 16.8. The van der Waals surface area contributed by atoms with Crippen molar-refractivity contribution in [2.24, 2.45) is 0 Å². The van der Waals surface area contributed by atoms with E-state index in [-0.39, 0.29) is 17.8 Å². The zero-order chi connectivity index (χ0) is 18.7. The van der Waals surface area contributed by atoms with E-state index in [1.807, 2.05) is 20.8 Å². The third kappa shape index (κ3) is 3.90. The number of nitrogens with zero attached hydrogens (tertiary/aromatic N) is 2. The molecule has 3 N–H and O–H groups in total. The number of aromatic nitrogens is 3. The quantitative estimate of drug-likeness (QED) is 0.629. The van der Waals surface area contributed by atoms with Crippen molar-refractivity contribution >= 4 is 11.7 Å². The van der Waals surface area contributed by atoms with E-state index in [4.69, 9.17) is 4.52 Å². The molecule has 0 unspecified atom stereocenters. The van der Waals surface area contributed by atoms with Crippen LogP contribution in [0.1, 0.15) is 35.7 Å². The highest BCUT2D eigenvalue weighted by atomic mass is 19.1. The van der Waals surface area contributed by atoms with Crippen LogP contribution in [-0.4, -0.2) is 27.3 Å².